The molecule has 1 aliphatic rings. The van der Waals surface area contributed by atoms with Crippen LogP contribution in [0.3, 0.4) is 0 Å². The fourth-order valence-electron chi connectivity index (χ4n) is 3.87. The van der Waals surface area contributed by atoms with Crippen molar-refractivity contribution in [1.29, 1.82) is 0 Å². The number of nitrogens with two attached hydrogens (primary N) is 1. The number of anilines is 1. The molecule has 0 spiro atoms. The summed E-state index contributed by atoms with van der Waals surface area (Å²) in [5, 5.41) is 5.95. The molecule has 0 unspecified atom stereocenters. The zero-order chi connectivity index (χ0) is 20.6. The predicted molar refractivity (Wildman–Crippen MR) is 102 cm³/mol. The van der Waals surface area contributed by atoms with Gasteiger partial charge in [0.2, 0.25) is 5.91 Å². The molecule has 4 rings (SSSR count). The molecule has 1 fully saturated rings. The van der Waals surface area contributed by atoms with Crippen LogP contribution in [-0.4, -0.2) is 32.5 Å². The summed E-state index contributed by atoms with van der Waals surface area (Å²) in [7, 11) is 0. The molecule has 1 saturated heterocycles. The fraction of sp³-hybridized carbons (Fsp3) is 0.350. The normalized spacial score (nSPS) is 17.6. The van der Waals surface area contributed by atoms with E-state index in [-0.39, 0.29) is 34.9 Å². The van der Waals surface area contributed by atoms with Gasteiger partial charge < -0.3 is 10.6 Å². The first-order valence-electron chi connectivity index (χ1n) is 9.39. The molecule has 2 aromatic heterocycles. The van der Waals surface area contributed by atoms with Crippen LogP contribution >= 0.6 is 0 Å². The number of aromatic amines is 1. The van der Waals surface area contributed by atoms with Crippen molar-refractivity contribution >= 4 is 22.8 Å². The first-order valence-corrected chi connectivity index (χ1v) is 9.39. The highest BCUT2D eigenvalue weighted by molar-refractivity contribution is 5.90. The van der Waals surface area contributed by atoms with Gasteiger partial charge in [-0.05, 0) is 30.9 Å². The molecule has 0 radical (unpaired) electrons. The number of carbonyl (C=O) groups is 1. The van der Waals surface area contributed by atoms with Crippen molar-refractivity contribution in [3.63, 3.8) is 0 Å². The number of pyridine rings is 1. The lowest BCUT2D eigenvalue weighted by Crippen LogP contribution is -2.39. The van der Waals surface area contributed by atoms with Crippen molar-refractivity contribution in [3.8, 4) is 0 Å². The summed E-state index contributed by atoms with van der Waals surface area (Å²) >= 11 is 0. The topological polar surface area (TPSA) is 87.9 Å². The molecule has 1 aliphatic heterocycles. The Hall–Kier alpha value is -3.10. The molecule has 1 atom stereocenters. The van der Waals surface area contributed by atoms with E-state index in [4.69, 9.17) is 5.73 Å². The minimum Gasteiger partial charge on any atom is -0.383 e. The van der Waals surface area contributed by atoms with Crippen LogP contribution in [0.15, 0.2) is 36.4 Å². The maximum absolute atomic E-state index is 13.7. The van der Waals surface area contributed by atoms with Crippen molar-refractivity contribution in [2.24, 2.45) is 0 Å². The highest BCUT2D eigenvalue weighted by Crippen LogP contribution is 2.39. The van der Waals surface area contributed by atoms with Crippen molar-refractivity contribution in [3.05, 3.63) is 53.2 Å². The van der Waals surface area contributed by atoms with Crippen LogP contribution in [0.5, 0.6) is 0 Å². The Morgan fingerprint density at radius 2 is 2.00 bits per heavy atom. The van der Waals surface area contributed by atoms with Crippen LogP contribution in [0.1, 0.15) is 42.1 Å². The average Bonchev–Trinajstić information content (AvgIpc) is 3.08. The molecule has 0 aliphatic carbocycles. The largest absolute Gasteiger partial charge is 0.417 e. The van der Waals surface area contributed by atoms with E-state index in [1.807, 2.05) is 30.3 Å². The van der Waals surface area contributed by atoms with E-state index in [1.165, 1.54) is 0 Å². The standard InChI is InChI=1S/C20H20F3N5O/c21-20(22,23)13-11-14(25-19-17(13)18(24)26-27-19)15-8-4-5-9-28(15)16(29)10-12-6-2-1-3-7-12/h1-3,6-7,11,15H,4-5,8-10H2,(H3,24,25,26,27)/t15-/m0/s1. The van der Waals surface area contributed by atoms with Gasteiger partial charge in [0.25, 0.3) is 0 Å². The zero-order valence-corrected chi connectivity index (χ0v) is 15.5. The summed E-state index contributed by atoms with van der Waals surface area (Å²) in [4.78, 5) is 18.9. The molecular formula is C20H20F3N5O. The molecule has 9 heteroatoms. The van der Waals surface area contributed by atoms with Gasteiger partial charge in [0, 0.05) is 6.54 Å². The zero-order valence-electron chi connectivity index (χ0n) is 15.5. The minimum absolute atomic E-state index is 0.0895. The van der Waals surface area contributed by atoms with Gasteiger partial charge in [-0.25, -0.2) is 4.98 Å². The lowest BCUT2D eigenvalue weighted by Gasteiger charge is -2.35. The number of aromatic nitrogens is 3. The number of hydrogen-bond acceptors (Lipinski definition) is 4. The number of nitrogens with zero attached hydrogens (tertiary/aromatic N) is 3. The predicted octanol–water partition coefficient (Wildman–Crippen LogP) is 3.86. The lowest BCUT2D eigenvalue weighted by atomic mass is 9.96. The molecule has 3 aromatic rings. The lowest BCUT2D eigenvalue weighted by molar-refractivity contribution is -0.136. The van der Waals surface area contributed by atoms with Crippen LogP contribution in [0, 0.1) is 0 Å². The number of rotatable bonds is 3. The van der Waals surface area contributed by atoms with Gasteiger partial charge in [-0.1, -0.05) is 30.3 Å². The Morgan fingerprint density at radius 3 is 2.72 bits per heavy atom. The van der Waals surface area contributed by atoms with Crippen molar-refractivity contribution < 1.29 is 18.0 Å². The summed E-state index contributed by atoms with van der Waals surface area (Å²) < 4.78 is 41.0. The molecular weight excluding hydrogens is 383 g/mol. The maximum Gasteiger partial charge on any atom is 0.417 e. The SMILES string of the molecule is Nc1[nH]nc2nc([C@@H]3CCCCN3C(=O)Cc3ccccc3)cc(C(F)(F)F)c12. The number of benzene rings is 1. The van der Waals surface area contributed by atoms with E-state index in [0.29, 0.717) is 13.0 Å². The Bertz CT molecular complexity index is 1030. The molecule has 3 N–H and O–H groups in total. The van der Waals surface area contributed by atoms with Crippen molar-refractivity contribution in [2.45, 2.75) is 37.9 Å². The molecule has 0 saturated carbocycles. The summed E-state index contributed by atoms with van der Waals surface area (Å²) in [5.74, 6) is -0.301. The summed E-state index contributed by atoms with van der Waals surface area (Å²) in [6.45, 7) is 0.486. The number of likely N-dealkylation sites (tertiary alicyclic amines) is 1. The average molecular weight is 403 g/mol. The molecule has 3 heterocycles. The smallest absolute Gasteiger partial charge is 0.383 e. The Labute approximate surface area is 164 Å². The summed E-state index contributed by atoms with van der Waals surface area (Å²) in [6.07, 6.45) is -2.25. The number of nitrogens with one attached hydrogen (secondary N) is 1. The highest BCUT2D eigenvalue weighted by atomic mass is 19.4. The third-order valence-corrected chi connectivity index (χ3v) is 5.24. The second-order valence-corrected chi connectivity index (χ2v) is 7.19. The minimum atomic E-state index is -4.61. The van der Waals surface area contributed by atoms with Gasteiger partial charge in [0.1, 0.15) is 5.82 Å². The number of hydrogen-bond donors (Lipinski definition) is 2. The van der Waals surface area contributed by atoms with Gasteiger partial charge in [0.05, 0.1) is 29.1 Å². The van der Waals surface area contributed by atoms with Crippen LogP contribution in [0.4, 0.5) is 19.0 Å². The van der Waals surface area contributed by atoms with Crippen molar-refractivity contribution in [1.82, 2.24) is 20.1 Å². The molecule has 1 amide bonds. The van der Waals surface area contributed by atoms with E-state index in [2.05, 4.69) is 15.2 Å². The van der Waals surface area contributed by atoms with Crippen LogP contribution in [0.2, 0.25) is 0 Å². The van der Waals surface area contributed by atoms with Crippen molar-refractivity contribution in [2.75, 3.05) is 12.3 Å². The number of alkyl halides is 3. The Morgan fingerprint density at radius 1 is 1.24 bits per heavy atom. The van der Waals surface area contributed by atoms with Gasteiger partial charge in [0.15, 0.2) is 5.65 Å². The van der Waals surface area contributed by atoms with E-state index in [9.17, 15) is 18.0 Å². The molecule has 0 bridgehead atoms. The van der Waals surface area contributed by atoms with E-state index in [0.717, 1.165) is 24.5 Å². The summed E-state index contributed by atoms with van der Waals surface area (Å²) in [6, 6.07) is 9.76. The Kier molecular flexibility index (Phi) is 4.89. The first kappa shape index (κ1) is 19.2. The Balaban J connectivity index is 1.71. The number of nitrogen functional groups attached to an aromatic ring is 1. The monoisotopic (exact) mass is 403 g/mol. The van der Waals surface area contributed by atoms with Crippen LogP contribution in [0.25, 0.3) is 11.0 Å². The van der Waals surface area contributed by atoms with Crippen LogP contribution < -0.4 is 5.73 Å². The first-order chi connectivity index (χ1) is 13.8. The molecule has 6 nitrogen and oxygen atoms in total. The van der Waals surface area contributed by atoms with E-state index in [1.54, 1.807) is 4.90 Å². The fourth-order valence-corrected chi connectivity index (χ4v) is 3.87. The number of H-pyrrole nitrogens is 1. The van der Waals surface area contributed by atoms with E-state index < -0.39 is 17.8 Å². The quantitative estimate of drug-likeness (QED) is 0.695. The van der Waals surface area contributed by atoms with Gasteiger partial charge in [-0.2, -0.15) is 18.3 Å². The number of halogens is 3. The second-order valence-electron chi connectivity index (χ2n) is 7.19. The highest BCUT2D eigenvalue weighted by Gasteiger charge is 2.37. The van der Waals surface area contributed by atoms with Gasteiger partial charge in [-0.3, -0.25) is 9.89 Å². The number of carbonyl (C=O) groups excluding carboxylic acids is 1. The van der Waals surface area contributed by atoms with E-state index >= 15 is 0 Å². The number of amides is 1. The molecule has 29 heavy (non-hydrogen) atoms. The third-order valence-electron chi connectivity index (χ3n) is 5.24. The maximum atomic E-state index is 13.7. The number of fused-ring (bicyclic) bond motifs is 1. The molecule has 152 valence electrons. The molecule has 1 aromatic carbocycles. The van der Waals surface area contributed by atoms with Gasteiger partial charge >= 0.3 is 6.18 Å². The second kappa shape index (κ2) is 7.38. The van der Waals surface area contributed by atoms with Gasteiger partial charge in [-0.15, -0.1) is 0 Å². The third kappa shape index (κ3) is 3.76. The van der Waals surface area contributed by atoms with Crippen LogP contribution in [-0.2, 0) is 17.4 Å². The summed E-state index contributed by atoms with van der Waals surface area (Å²) in [5.41, 5.74) is 5.72. The number of piperidine rings is 1.